The number of aliphatic hydroxyl groups excluding tert-OH is 1. The molecule has 1 aliphatic heterocycles. The van der Waals surface area contributed by atoms with Gasteiger partial charge in [-0.15, -0.1) is 0 Å². The summed E-state index contributed by atoms with van der Waals surface area (Å²) < 4.78 is 7.25. The first-order chi connectivity index (χ1) is 19.6. The number of carbonyl (C=O) groups excluding carboxylic acids is 3. The molecule has 0 bridgehead atoms. The van der Waals surface area contributed by atoms with E-state index in [1.54, 1.807) is 31.3 Å². The number of nitrogens with zero attached hydrogens (tertiary/aromatic N) is 5. The molecule has 12 heteroatoms. The second kappa shape index (κ2) is 15.7. The average Bonchev–Trinajstić information content (AvgIpc) is 3.49. The second-order valence-electron chi connectivity index (χ2n) is 8.99. The van der Waals surface area contributed by atoms with Crippen LogP contribution in [0.1, 0.15) is 46.4 Å². The lowest BCUT2D eigenvalue weighted by Gasteiger charge is -2.20. The van der Waals surface area contributed by atoms with Crippen LogP contribution in [0.3, 0.4) is 0 Å². The molecule has 218 valence electrons. The predicted molar refractivity (Wildman–Crippen MR) is 159 cm³/mol. The predicted octanol–water partition coefficient (Wildman–Crippen LogP) is 4.98. The van der Waals surface area contributed by atoms with Gasteiger partial charge in [0.05, 0.1) is 35.6 Å². The Hall–Kier alpha value is -3.99. The molecular weight excluding hydrogens is 569 g/mol. The molecule has 1 aliphatic rings. The fourth-order valence-electron chi connectivity index (χ4n) is 3.96. The van der Waals surface area contributed by atoms with Crippen LogP contribution < -0.4 is 4.74 Å². The highest BCUT2D eigenvalue weighted by molar-refractivity contribution is 6.31. The highest BCUT2D eigenvalue weighted by atomic mass is 35.5. The van der Waals surface area contributed by atoms with Crippen LogP contribution >= 0.6 is 23.2 Å². The number of hydrogen-bond acceptors (Lipinski definition) is 8. The van der Waals surface area contributed by atoms with Gasteiger partial charge in [0.25, 0.3) is 5.91 Å². The lowest BCUT2D eigenvalue weighted by atomic mass is 10.2. The number of allylic oxidation sites excluding steroid dienone is 3. The third-order valence-corrected chi connectivity index (χ3v) is 6.02. The molecule has 0 unspecified atom stereocenters. The zero-order valence-electron chi connectivity index (χ0n) is 23.7. The zero-order chi connectivity index (χ0) is 30.7. The third-order valence-electron chi connectivity index (χ3n) is 5.56. The lowest BCUT2D eigenvalue weighted by Crippen LogP contribution is -2.25. The molecule has 0 spiro atoms. The first kappa shape index (κ1) is 33.2. The average molecular weight is 603 g/mol. The number of imidazole rings is 1. The van der Waals surface area contributed by atoms with E-state index in [-0.39, 0.29) is 24.0 Å². The monoisotopic (exact) mass is 601 g/mol. The molecule has 1 amide bonds. The number of benzene rings is 1. The zero-order valence-corrected chi connectivity index (χ0v) is 25.2. The fraction of sp³-hybridized carbons (Fsp3) is 0.276. The Morgan fingerprint density at radius 1 is 1.17 bits per heavy atom. The summed E-state index contributed by atoms with van der Waals surface area (Å²) in [7, 11) is 6.07. The van der Waals surface area contributed by atoms with Gasteiger partial charge in [0, 0.05) is 50.2 Å². The minimum Gasteiger partial charge on any atom is -0.480 e. The Bertz CT molecular complexity index is 1420. The van der Waals surface area contributed by atoms with Crippen molar-refractivity contribution in [1.82, 2.24) is 24.3 Å². The van der Waals surface area contributed by atoms with Gasteiger partial charge < -0.3 is 19.3 Å². The number of rotatable bonds is 8. The minimum atomic E-state index is -0.410. The highest BCUT2D eigenvalue weighted by Gasteiger charge is 2.37. The molecule has 0 fully saturated rings. The second-order valence-corrected chi connectivity index (χ2v) is 9.86. The smallest absolute Gasteiger partial charge is 0.279 e. The molecule has 1 aromatic carbocycles. The molecule has 3 heterocycles. The van der Waals surface area contributed by atoms with E-state index in [2.05, 4.69) is 9.97 Å². The maximum atomic E-state index is 13.2. The third kappa shape index (κ3) is 8.26. The lowest BCUT2D eigenvalue weighted by molar-refractivity contribution is -0.106. The molecule has 0 saturated heterocycles. The van der Waals surface area contributed by atoms with Crippen molar-refractivity contribution in [2.45, 2.75) is 26.4 Å². The van der Waals surface area contributed by atoms with Crippen molar-refractivity contribution >= 4 is 41.7 Å². The van der Waals surface area contributed by atoms with Gasteiger partial charge in [-0.1, -0.05) is 41.4 Å². The molecular formula is C29H33Cl2N5O5. The van der Waals surface area contributed by atoms with Gasteiger partial charge in [-0.2, -0.15) is 0 Å². The quantitative estimate of drug-likeness (QED) is 0.218. The van der Waals surface area contributed by atoms with Crippen molar-refractivity contribution in [1.29, 1.82) is 0 Å². The van der Waals surface area contributed by atoms with Gasteiger partial charge in [-0.25, -0.2) is 9.97 Å². The molecule has 0 radical (unpaired) electrons. The van der Waals surface area contributed by atoms with Gasteiger partial charge in [0.1, 0.15) is 5.82 Å². The number of aromatic nitrogens is 3. The summed E-state index contributed by atoms with van der Waals surface area (Å²) in [5.74, 6) is 0.347. The number of aldehydes is 2. The molecule has 2 aromatic heterocycles. The van der Waals surface area contributed by atoms with Gasteiger partial charge in [0.2, 0.25) is 5.88 Å². The van der Waals surface area contributed by atoms with Gasteiger partial charge in [-0.05, 0) is 38.1 Å². The summed E-state index contributed by atoms with van der Waals surface area (Å²) in [5.41, 5.74) is 1.88. The van der Waals surface area contributed by atoms with Crippen molar-refractivity contribution < 1.29 is 24.2 Å². The molecule has 0 saturated carbocycles. The van der Waals surface area contributed by atoms with Crippen molar-refractivity contribution in [3.63, 3.8) is 0 Å². The van der Waals surface area contributed by atoms with E-state index in [0.717, 1.165) is 12.1 Å². The standard InChI is InChI=1S/C22H24ClN5O4.C6H5Cl.CH4O/c1-13(2)28-18-10-27(16(12-30)7-15(23)9-26(3)4)22(31)19(18)25-20(28)17-6-14(11-29)8-24-21(17)32-5;7-6-4-2-1-3-5-6;1-2/h6-9,11-13H,10H2,1-5H3;1-5H;2H,1H3/b15-9+,16-7+;;. The summed E-state index contributed by atoms with van der Waals surface area (Å²) in [6.45, 7) is 4.06. The number of ether oxygens (including phenoxy) is 1. The van der Waals surface area contributed by atoms with E-state index in [1.807, 2.05) is 48.7 Å². The van der Waals surface area contributed by atoms with Crippen LogP contribution in [-0.2, 0) is 11.3 Å². The topological polar surface area (TPSA) is 118 Å². The maximum Gasteiger partial charge on any atom is 0.279 e. The van der Waals surface area contributed by atoms with Crippen molar-refractivity contribution in [2.24, 2.45) is 0 Å². The largest absolute Gasteiger partial charge is 0.480 e. The number of amides is 1. The molecule has 3 aromatic rings. The Balaban J connectivity index is 0.000000561. The number of hydrogen-bond donors (Lipinski definition) is 1. The van der Waals surface area contributed by atoms with Crippen molar-refractivity contribution in [3.8, 4) is 17.3 Å². The molecule has 4 rings (SSSR count). The number of methoxy groups -OCH3 is 1. The number of halogens is 2. The first-order valence-corrected chi connectivity index (χ1v) is 13.1. The van der Waals surface area contributed by atoms with Crippen molar-refractivity contribution in [3.05, 3.63) is 87.6 Å². The fourth-order valence-corrected chi connectivity index (χ4v) is 4.42. The van der Waals surface area contributed by atoms with Gasteiger partial charge >= 0.3 is 0 Å². The Labute approximate surface area is 249 Å². The van der Waals surface area contributed by atoms with Crippen LogP contribution in [0.15, 0.2) is 65.6 Å². The van der Waals surface area contributed by atoms with E-state index in [4.69, 9.17) is 33.0 Å². The minimum absolute atomic E-state index is 0.0699. The van der Waals surface area contributed by atoms with Gasteiger partial charge in [-0.3, -0.25) is 19.3 Å². The summed E-state index contributed by atoms with van der Waals surface area (Å²) in [6.07, 6.45) is 5.76. The summed E-state index contributed by atoms with van der Waals surface area (Å²) >= 11 is 11.7. The van der Waals surface area contributed by atoms with E-state index in [9.17, 15) is 14.4 Å². The summed E-state index contributed by atoms with van der Waals surface area (Å²) in [5, 5.41) is 8.10. The van der Waals surface area contributed by atoms with E-state index in [0.29, 0.717) is 46.1 Å². The Morgan fingerprint density at radius 3 is 2.32 bits per heavy atom. The highest BCUT2D eigenvalue weighted by Crippen LogP contribution is 2.36. The van der Waals surface area contributed by atoms with Crippen LogP contribution in [-0.4, -0.2) is 76.2 Å². The Kier molecular flexibility index (Phi) is 12.7. The SMILES string of the molecule is CO.COc1ncc(C=O)cc1-c1nc2c(n1C(C)C)CN(/C(C=O)=C/C(Cl)=C\N(C)C)C2=O.Clc1ccccc1. The maximum absolute atomic E-state index is 13.2. The van der Waals surface area contributed by atoms with Crippen LogP contribution in [0.25, 0.3) is 11.4 Å². The number of pyridine rings is 1. The number of carbonyl (C=O) groups is 3. The number of fused-ring (bicyclic) bond motifs is 1. The molecule has 1 N–H and O–H groups in total. The normalized spacial score (nSPS) is 12.6. The summed E-state index contributed by atoms with van der Waals surface area (Å²) in [6, 6.07) is 11.0. The molecule has 0 aliphatic carbocycles. The number of aliphatic hydroxyl groups is 1. The van der Waals surface area contributed by atoms with Crippen LogP contribution in [0.5, 0.6) is 5.88 Å². The molecule has 0 atom stereocenters. The van der Waals surface area contributed by atoms with E-state index < -0.39 is 5.91 Å². The van der Waals surface area contributed by atoms with Crippen LogP contribution in [0, 0.1) is 0 Å². The summed E-state index contributed by atoms with van der Waals surface area (Å²) in [4.78, 5) is 48.0. The van der Waals surface area contributed by atoms with Crippen molar-refractivity contribution in [2.75, 3.05) is 28.3 Å². The Morgan fingerprint density at radius 2 is 1.83 bits per heavy atom. The van der Waals surface area contributed by atoms with Crippen LogP contribution in [0.2, 0.25) is 5.02 Å². The van der Waals surface area contributed by atoms with Gasteiger partial charge in [0.15, 0.2) is 18.3 Å². The van der Waals surface area contributed by atoms with Crippen LogP contribution in [0.4, 0.5) is 0 Å². The molecule has 41 heavy (non-hydrogen) atoms. The molecule has 10 nitrogen and oxygen atoms in total. The van der Waals surface area contributed by atoms with E-state index >= 15 is 0 Å². The first-order valence-electron chi connectivity index (χ1n) is 12.4. The van der Waals surface area contributed by atoms with E-state index in [1.165, 1.54) is 24.3 Å².